The number of nitrogens with zero attached hydrogens (tertiary/aromatic N) is 1. The smallest absolute Gasteiger partial charge is 0.266 e. The number of furan rings is 1. The van der Waals surface area contributed by atoms with E-state index in [0.29, 0.717) is 22.1 Å². The van der Waals surface area contributed by atoms with Crippen LogP contribution in [0.4, 0.5) is 0 Å². The van der Waals surface area contributed by atoms with E-state index in [1.54, 1.807) is 4.90 Å². The van der Waals surface area contributed by atoms with Crippen LogP contribution >= 0.6 is 22.9 Å². The second kappa shape index (κ2) is 7.21. The molecule has 148 valence electrons. The minimum atomic E-state index is -3.14. The molecule has 0 saturated carbocycles. The van der Waals surface area contributed by atoms with E-state index < -0.39 is 9.84 Å². The maximum atomic E-state index is 13.4. The zero-order valence-corrected chi connectivity index (χ0v) is 18.0. The minimum Gasteiger partial charge on any atom is -0.464 e. The molecule has 28 heavy (non-hydrogen) atoms. The van der Waals surface area contributed by atoms with Gasteiger partial charge >= 0.3 is 0 Å². The van der Waals surface area contributed by atoms with Crippen LogP contribution in [0.25, 0.3) is 10.1 Å². The maximum Gasteiger partial charge on any atom is 0.266 e. The van der Waals surface area contributed by atoms with Crippen LogP contribution in [-0.2, 0) is 16.4 Å². The largest absolute Gasteiger partial charge is 0.464 e. The summed E-state index contributed by atoms with van der Waals surface area (Å²) in [4.78, 5) is 15.5. The first kappa shape index (κ1) is 19.5. The van der Waals surface area contributed by atoms with Crippen molar-refractivity contribution in [2.45, 2.75) is 32.9 Å². The molecule has 0 aliphatic carbocycles. The standard InChI is InChI=1S/C20H20ClNO4S2/c1-12-3-6-16-17(9-12)27-19(18(16)21)20(23)22(10-15-5-4-13(2)26-15)14-7-8-28(24,25)11-14/h3-6,9,14H,7-8,10-11H2,1-2H3/t14-/m1/s1. The van der Waals surface area contributed by atoms with Gasteiger partial charge in [0.25, 0.3) is 5.91 Å². The highest BCUT2D eigenvalue weighted by atomic mass is 35.5. The van der Waals surface area contributed by atoms with E-state index >= 15 is 0 Å². The summed E-state index contributed by atoms with van der Waals surface area (Å²) in [5, 5.41) is 1.26. The fraction of sp³-hybridized carbons (Fsp3) is 0.350. The molecule has 0 radical (unpaired) electrons. The molecule has 1 amide bonds. The predicted octanol–water partition coefficient (Wildman–Crippen LogP) is 4.59. The molecule has 8 heteroatoms. The summed E-state index contributed by atoms with van der Waals surface area (Å²) >= 11 is 7.89. The number of carbonyl (C=O) groups is 1. The molecule has 1 fully saturated rings. The minimum absolute atomic E-state index is 0.0277. The Morgan fingerprint density at radius 2 is 2.07 bits per heavy atom. The van der Waals surface area contributed by atoms with Gasteiger partial charge in [0.05, 0.1) is 23.1 Å². The molecule has 0 unspecified atom stereocenters. The zero-order valence-electron chi connectivity index (χ0n) is 15.6. The third-order valence-electron chi connectivity index (χ3n) is 5.01. The highest BCUT2D eigenvalue weighted by molar-refractivity contribution is 7.91. The van der Waals surface area contributed by atoms with E-state index in [1.807, 2.05) is 44.2 Å². The number of hydrogen-bond acceptors (Lipinski definition) is 5. The number of benzene rings is 1. The summed E-state index contributed by atoms with van der Waals surface area (Å²) in [5.74, 6) is 1.19. The molecule has 1 aromatic carbocycles. The summed E-state index contributed by atoms with van der Waals surface area (Å²) in [6.45, 7) is 4.04. The van der Waals surface area contributed by atoms with Gasteiger partial charge in [0.2, 0.25) is 0 Å². The summed E-state index contributed by atoms with van der Waals surface area (Å²) in [6, 6.07) is 9.14. The van der Waals surface area contributed by atoms with Gasteiger partial charge in [-0.05, 0) is 44.0 Å². The molecule has 0 N–H and O–H groups in total. The number of thiophene rings is 1. The first-order valence-corrected chi connectivity index (χ1v) is 12.0. The van der Waals surface area contributed by atoms with E-state index in [4.69, 9.17) is 16.0 Å². The molecule has 2 aromatic heterocycles. The Morgan fingerprint density at radius 1 is 1.29 bits per heavy atom. The van der Waals surface area contributed by atoms with Crippen LogP contribution in [0, 0.1) is 13.8 Å². The van der Waals surface area contributed by atoms with Crippen LogP contribution in [0.3, 0.4) is 0 Å². The number of hydrogen-bond donors (Lipinski definition) is 0. The number of sulfone groups is 1. The lowest BCUT2D eigenvalue weighted by Crippen LogP contribution is -2.40. The van der Waals surface area contributed by atoms with Gasteiger partial charge < -0.3 is 9.32 Å². The van der Waals surface area contributed by atoms with Crippen molar-refractivity contribution in [1.82, 2.24) is 4.90 Å². The molecular weight excluding hydrogens is 418 g/mol. The Balaban J connectivity index is 1.73. The zero-order chi connectivity index (χ0) is 20.1. The second-order valence-electron chi connectivity index (χ2n) is 7.25. The van der Waals surface area contributed by atoms with E-state index in [-0.39, 0.29) is 30.0 Å². The SMILES string of the molecule is Cc1ccc2c(Cl)c(C(=O)N(Cc3ccc(C)o3)[C@@H]3CCS(=O)(=O)C3)sc2c1. The maximum absolute atomic E-state index is 13.4. The van der Waals surface area contributed by atoms with Crippen molar-refractivity contribution in [3.63, 3.8) is 0 Å². The van der Waals surface area contributed by atoms with Gasteiger partial charge in [0.1, 0.15) is 16.4 Å². The molecule has 0 bridgehead atoms. The van der Waals surface area contributed by atoms with Gasteiger partial charge in [-0.3, -0.25) is 4.79 Å². The molecule has 1 aliphatic heterocycles. The highest BCUT2D eigenvalue weighted by Gasteiger charge is 2.36. The van der Waals surface area contributed by atoms with Crippen LogP contribution in [0.2, 0.25) is 5.02 Å². The van der Waals surface area contributed by atoms with Crippen LogP contribution in [0.1, 0.15) is 33.2 Å². The average Bonchev–Trinajstić information content (AvgIpc) is 3.29. The third kappa shape index (κ3) is 3.71. The van der Waals surface area contributed by atoms with Crippen molar-refractivity contribution in [3.8, 4) is 0 Å². The van der Waals surface area contributed by atoms with Gasteiger partial charge in [-0.1, -0.05) is 23.7 Å². The number of carbonyl (C=O) groups excluding carboxylic acids is 1. The van der Waals surface area contributed by atoms with Crippen molar-refractivity contribution in [2.75, 3.05) is 11.5 Å². The van der Waals surface area contributed by atoms with Crippen LogP contribution in [0.5, 0.6) is 0 Å². The summed E-state index contributed by atoms with van der Waals surface area (Å²) in [7, 11) is -3.14. The van der Waals surface area contributed by atoms with Gasteiger partial charge in [-0.15, -0.1) is 11.3 Å². The lowest BCUT2D eigenvalue weighted by atomic mass is 10.1. The molecular formula is C20H20ClNO4S2. The summed E-state index contributed by atoms with van der Waals surface area (Å²) in [6.07, 6.45) is 0.426. The quantitative estimate of drug-likeness (QED) is 0.598. The number of fused-ring (bicyclic) bond motifs is 1. The van der Waals surface area contributed by atoms with Crippen molar-refractivity contribution in [2.24, 2.45) is 0 Å². The van der Waals surface area contributed by atoms with Crippen LogP contribution in [0.15, 0.2) is 34.7 Å². The number of halogens is 1. The van der Waals surface area contributed by atoms with Gasteiger partial charge in [-0.2, -0.15) is 0 Å². The van der Waals surface area contributed by atoms with Crippen molar-refractivity contribution >= 4 is 48.8 Å². The van der Waals surface area contributed by atoms with Gasteiger partial charge in [-0.25, -0.2) is 8.42 Å². The highest BCUT2D eigenvalue weighted by Crippen LogP contribution is 2.37. The predicted molar refractivity (Wildman–Crippen MR) is 112 cm³/mol. The van der Waals surface area contributed by atoms with Gasteiger partial charge in [0.15, 0.2) is 9.84 Å². The molecule has 4 rings (SSSR count). The molecule has 3 heterocycles. The van der Waals surface area contributed by atoms with Crippen LogP contribution < -0.4 is 0 Å². The average molecular weight is 438 g/mol. The van der Waals surface area contributed by atoms with E-state index in [0.717, 1.165) is 21.4 Å². The van der Waals surface area contributed by atoms with Crippen molar-refractivity contribution in [3.05, 3.63) is 57.3 Å². The first-order valence-electron chi connectivity index (χ1n) is 8.99. The molecule has 3 aromatic rings. The molecule has 1 saturated heterocycles. The summed E-state index contributed by atoms with van der Waals surface area (Å²) < 4.78 is 30.6. The van der Waals surface area contributed by atoms with Crippen molar-refractivity contribution in [1.29, 1.82) is 0 Å². The van der Waals surface area contributed by atoms with Crippen LogP contribution in [-0.4, -0.2) is 36.8 Å². The Labute approximate surface area is 172 Å². The van der Waals surface area contributed by atoms with E-state index in [2.05, 4.69) is 0 Å². The molecule has 1 atom stereocenters. The normalized spacial score (nSPS) is 18.6. The molecule has 5 nitrogen and oxygen atoms in total. The molecule has 1 aliphatic rings. The summed E-state index contributed by atoms with van der Waals surface area (Å²) in [5.41, 5.74) is 1.09. The Bertz CT molecular complexity index is 1160. The Hall–Kier alpha value is -1.83. The first-order chi connectivity index (χ1) is 13.2. The lowest BCUT2D eigenvalue weighted by Gasteiger charge is -2.27. The van der Waals surface area contributed by atoms with Gasteiger partial charge in [0, 0.05) is 16.1 Å². The fourth-order valence-corrected chi connectivity index (χ4v) is 6.86. The molecule has 0 spiro atoms. The number of amides is 1. The second-order valence-corrected chi connectivity index (χ2v) is 10.9. The number of rotatable bonds is 4. The Morgan fingerprint density at radius 3 is 2.71 bits per heavy atom. The monoisotopic (exact) mass is 437 g/mol. The Kier molecular flexibility index (Phi) is 5.02. The van der Waals surface area contributed by atoms with E-state index in [1.165, 1.54) is 11.3 Å². The third-order valence-corrected chi connectivity index (χ3v) is 8.41. The van der Waals surface area contributed by atoms with E-state index in [9.17, 15) is 13.2 Å². The number of aryl methyl sites for hydroxylation is 2. The lowest BCUT2D eigenvalue weighted by molar-refractivity contribution is 0.0671. The fourth-order valence-electron chi connectivity index (χ4n) is 3.57. The van der Waals surface area contributed by atoms with Crippen molar-refractivity contribution < 1.29 is 17.6 Å². The topological polar surface area (TPSA) is 67.6 Å².